The molecule has 3 aliphatic rings. The quantitative estimate of drug-likeness (QED) is 0.0877. The minimum Gasteiger partial charge on any atom is -0.465 e. The molecule has 17 heteroatoms. The number of methoxy groups -OCH3 is 1. The Kier molecular flexibility index (Phi) is 14.1. The van der Waals surface area contributed by atoms with Gasteiger partial charge in [-0.3, -0.25) is 14.5 Å². The van der Waals surface area contributed by atoms with Gasteiger partial charge in [0.1, 0.15) is 12.1 Å². The highest BCUT2D eigenvalue weighted by Gasteiger charge is 2.41. The van der Waals surface area contributed by atoms with Crippen molar-refractivity contribution in [1.82, 2.24) is 50.4 Å². The van der Waals surface area contributed by atoms with E-state index in [-0.39, 0.29) is 53.2 Å². The summed E-state index contributed by atoms with van der Waals surface area (Å²) in [5, 5.41) is 30.5. The molecule has 3 aliphatic heterocycles. The molecule has 3 aromatic carbocycles. The average Bonchev–Trinajstić information content (AvgIpc) is 4.20. The summed E-state index contributed by atoms with van der Waals surface area (Å²) in [5.74, 6) is 1.73. The van der Waals surface area contributed by atoms with Crippen molar-refractivity contribution in [2.24, 2.45) is 11.8 Å². The molecule has 0 radical (unpaired) electrons. The van der Waals surface area contributed by atoms with Crippen molar-refractivity contribution in [2.75, 3.05) is 32.1 Å². The normalized spacial score (nSPS) is 20.4. The van der Waals surface area contributed by atoms with Gasteiger partial charge in [-0.05, 0) is 84.6 Å². The first kappa shape index (κ1) is 48.7. The van der Waals surface area contributed by atoms with Gasteiger partial charge in [0.25, 0.3) is 0 Å². The Balaban J connectivity index is 1.01. The molecule has 17 nitrogen and oxygen atoms in total. The van der Waals surface area contributed by atoms with Crippen LogP contribution in [0.25, 0.3) is 22.8 Å². The third-order valence-electron chi connectivity index (χ3n) is 14.3. The van der Waals surface area contributed by atoms with Crippen molar-refractivity contribution in [3.05, 3.63) is 101 Å². The second kappa shape index (κ2) is 20.1. The number of alkyl carbamates (subject to hydrolysis) is 1. The molecule has 69 heavy (non-hydrogen) atoms. The number of ether oxygens (including phenoxy) is 1. The SMILES string of the molecule is COC(=O)N[C@H](C(=O)N1CCC[C@H]1c1nnc(-c2ccc([C@H]3CC[C@H](c4ccc(-c5nnc([C@@H]6CCCN6C(=O)[C@H](C(C)C)N(C)C(=O)O)[nH]5)cc4)N3c3ccc(C(C)(C)C)cc3)cc2)[nH]1)C(C)C. The van der Waals surface area contributed by atoms with E-state index >= 15 is 0 Å². The minimum absolute atomic E-state index is 0.0120. The molecule has 366 valence electrons. The average molecular weight is 942 g/mol. The zero-order valence-electron chi connectivity index (χ0n) is 41.3. The molecule has 3 saturated heterocycles. The summed E-state index contributed by atoms with van der Waals surface area (Å²) < 4.78 is 4.80. The van der Waals surface area contributed by atoms with Gasteiger partial charge in [0, 0.05) is 37.0 Å². The molecule has 4 amide bonds. The van der Waals surface area contributed by atoms with E-state index in [1.165, 1.54) is 30.8 Å². The lowest BCUT2D eigenvalue weighted by molar-refractivity contribution is -0.138. The van der Waals surface area contributed by atoms with Crippen molar-refractivity contribution < 1.29 is 29.0 Å². The van der Waals surface area contributed by atoms with E-state index in [4.69, 9.17) is 4.74 Å². The number of likely N-dealkylation sites (N-methyl/N-ethyl adjacent to an activating group) is 1. The number of hydrogen-bond acceptors (Lipinski definition) is 10. The standard InChI is InChI=1S/C52H67N11O6/c1-30(2)42(53-50(66)69-9)48(64)61-28-10-12-40(61)46-54-44(56-58-46)34-18-14-32(15-19-34)38-26-27-39(63(38)37-24-22-36(23-25-37)52(5,6)7)33-16-20-35(21-17-33)45-55-47(59-57-45)41-13-11-29-62(41)49(65)43(31(3)4)60(8)51(67)68/h14-25,30-31,38-43H,10-13,26-29H2,1-9H3,(H,53,66)(H,67,68)(H,54,56,58)(H,55,57,59)/t38-,39-,40+,41+,42+,43+/m1/s1. The second-order valence-corrected chi connectivity index (χ2v) is 20.5. The van der Waals surface area contributed by atoms with Crippen molar-refractivity contribution in [3.63, 3.8) is 0 Å². The van der Waals surface area contributed by atoms with Gasteiger partial charge in [-0.1, -0.05) is 109 Å². The van der Waals surface area contributed by atoms with Gasteiger partial charge in [0.15, 0.2) is 23.3 Å². The monoisotopic (exact) mass is 942 g/mol. The van der Waals surface area contributed by atoms with E-state index in [9.17, 15) is 24.3 Å². The molecule has 0 spiro atoms. The maximum atomic E-state index is 13.8. The number of hydrogen-bond donors (Lipinski definition) is 4. The van der Waals surface area contributed by atoms with Gasteiger partial charge < -0.3 is 39.8 Å². The number of benzene rings is 3. The molecule has 3 fully saturated rings. The zero-order chi connectivity index (χ0) is 49.3. The third kappa shape index (κ3) is 10.0. The number of carbonyl (C=O) groups is 4. The number of aromatic amines is 2. The highest BCUT2D eigenvalue weighted by molar-refractivity contribution is 5.87. The smallest absolute Gasteiger partial charge is 0.407 e. The molecular weight excluding hydrogens is 875 g/mol. The van der Waals surface area contributed by atoms with Crippen LogP contribution in [0.2, 0.25) is 0 Å². The van der Waals surface area contributed by atoms with E-state index in [1.807, 2.05) is 27.7 Å². The van der Waals surface area contributed by atoms with Gasteiger partial charge in [-0.25, -0.2) is 9.59 Å². The van der Waals surface area contributed by atoms with E-state index in [1.54, 1.807) is 9.80 Å². The van der Waals surface area contributed by atoms with E-state index < -0.39 is 24.3 Å². The van der Waals surface area contributed by atoms with Crippen LogP contribution in [0.3, 0.4) is 0 Å². The number of anilines is 1. The van der Waals surface area contributed by atoms with Gasteiger partial charge in [-0.2, -0.15) is 0 Å². The highest BCUT2D eigenvalue weighted by Crippen LogP contribution is 2.48. The molecule has 5 heterocycles. The third-order valence-corrected chi connectivity index (χ3v) is 14.3. The minimum atomic E-state index is -1.13. The second-order valence-electron chi connectivity index (χ2n) is 20.5. The van der Waals surface area contributed by atoms with Gasteiger partial charge in [0.05, 0.1) is 31.3 Å². The van der Waals surface area contributed by atoms with E-state index in [0.717, 1.165) is 53.8 Å². The van der Waals surface area contributed by atoms with Crippen molar-refractivity contribution in [2.45, 2.75) is 129 Å². The van der Waals surface area contributed by atoms with Crippen LogP contribution >= 0.6 is 0 Å². The highest BCUT2D eigenvalue weighted by atomic mass is 16.5. The molecule has 0 bridgehead atoms. The summed E-state index contributed by atoms with van der Waals surface area (Å²) in [4.78, 5) is 65.5. The number of nitrogens with one attached hydrogen (secondary N) is 3. The van der Waals surface area contributed by atoms with E-state index in [0.29, 0.717) is 42.8 Å². The predicted octanol–water partition coefficient (Wildman–Crippen LogP) is 8.98. The van der Waals surface area contributed by atoms with Crippen LogP contribution in [0, 0.1) is 11.8 Å². The fourth-order valence-electron chi connectivity index (χ4n) is 10.5. The van der Waals surface area contributed by atoms with Crippen molar-refractivity contribution in [1.29, 1.82) is 0 Å². The lowest BCUT2D eigenvalue weighted by atomic mass is 9.87. The van der Waals surface area contributed by atoms with Gasteiger partial charge in [0.2, 0.25) is 11.8 Å². The summed E-state index contributed by atoms with van der Waals surface area (Å²) >= 11 is 0. The number of nitrogens with zero attached hydrogens (tertiary/aromatic N) is 8. The largest absolute Gasteiger partial charge is 0.465 e. The number of aromatic nitrogens is 6. The fourth-order valence-corrected chi connectivity index (χ4v) is 10.5. The molecule has 8 rings (SSSR count). The Morgan fingerprint density at radius 2 is 1.16 bits per heavy atom. The molecule has 0 unspecified atom stereocenters. The molecular formula is C52H67N11O6. The molecule has 0 saturated carbocycles. The van der Waals surface area contributed by atoms with Crippen LogP contribution in [0.15, 0.2) is 72.8 Å². The number of rotatable bonds is 13. The zero-order valence-corrected chi connectivity index (χ0v) is 41.3. The number of H-pyrrole nitrogens is 2. The Bertz CT molecular complexity index is 2600. The van der Waals surface area contributed by atoms with Crippen LogP contribution in [0.5, 0.6) is 0 Å². The summed E-state index contributed by atoms with van der Waals surface area (Å²) in [6.07, 6.45) is 3.16. The van der Waals surface area contributed by atoms with Crippen molar-refractivity contribution in [3.8, 4) is 22.8 Å². The molecule has 5 aromatic rings. The first-order valence-electron chi connectivity index (χ1n) is 24.3. The Hall–Kier alpha value is -6.78. The van der Waals surface area contributed by atoms with Gasteiger partial charge >= 0.3 is 12.2 Å². The first-order chi connectivity index (χ1) is 32.9. The topological polar surface area (TPSA) is 206 Å². The Morgan fingerprint density at radius 3 is 1.58 bits per heavy atom. The maximum absolute atomic E-state index is 13.8. The number of carbonyl (C=O) groups excluding carboxylic acids is 3. The summed E-state index contributed by atoms with van der Waals surface area (Å²) in [7, 11) is 2.74. The lowest BCUT2D eigenvalue weighted by Gasteiger charge is -2.34. The summed E-state index contributed by atoms with van der Waals surface area (Å²) in [5.41, 5.74) is 6.56. The van der Waals surface area contributed by atoms with Crippen LogP contribution in [0.1, 0.15) is 139 Å². The molecule has 6 atom stereocenters. The van der Waals surface area contributed by atoms with Gasteiger partial charge in [-0.15, -0.1) is 20.4 Å². The van der Waals surface area contributed by atoms with E-state index in [2.05, 4.69) is 134 Å². The Labute approximate surface area is 404 Å². The number of carboxylic acid groups (broad SMARTS) is 1. The number of amides is 4. The predicted molar refractivity (Wildman–Crippen MR) is 262 cm³/mol. The first-order valence-corrected chi connectivity index (χ1v) is 24.3. The van der Waals surface area contributed by atoms with Crippen LogP contribution < -0.4 is 10.2 Å². The molecule has 0 aliphatic carbocycles. The summed E-state index contributed by atoms with van der Waals surface area (Å²) in [6, 6.07) is 24.0. The number of likely N-dealkylation sites (tertiary alicyclic amines) is 2. The maximum Gasteiger partial charge on any atom is 0.407 e. The lowest BCUT2D eigenvalue weighted by Crippen LogP contribution is -2.51. The molecule has 2 aromatic heterocycles. The van der Waals surface area contributed by atoms with Crippen LogP contribution in [-0.2, 0) is 19.7 Å². The molecule has 4 N–H and O–H groups in total. The summed E-state index contributed by atoms with van der Waals surface area (Å²) in [6.45, 7) is 15.3. The van der Waals surface area contributed by atoms with Crippen molar-refractivity contribution >= 4 is 29.7 Å². The fraction of sp³-hybridized carbons (Fsp3) is 0.500. The van der Waals surface area contributed by atoms with Crippen LogP contribution in [-0.4, -0.2) is 114 Å². The Morgan fingerprint density at radius 1 is 0.681 bits per heavy atom. The van der Waals surface area contributed by atoms with Crippen LogP contribution in [0.4, 0.5) is 15.3 Å².